The van der Waals surface area contributed by atoms with Crippen molar-refractivity contribution in [1.82, 2.24) is 4.90 Å². The van der Waals surface area contributed by atoms with Crippen LogP contribution in [0.15, 0.2) is 72.3 Å². The van der Waals surface area contributed by atoms with Crippen molar-refractivity contribution in [3.05, 3.63) is 99.6 Å². The van der Waals surface area contributed by atoms with Crippen LogP contribution in [0.2, 0.25) is 5.02 Å². The van der Waals surface area contributed by atoms with Crippen molar-refractivity contribution in [3.8, 4) is 11.5 Å². The van der Waals surface area contributed by atoms with Crippen molar-refractivity contribution in [2.45, 2.75) is 12.6 Å². The minimum atomic E-state index is -0.908. The molecule has 3 aromatic carbocycles. The highest BCUT2D eigenvalue weighted by Crippen LogP contribution is 2.42. The Bertz CT molecular complexity index is 1380. The summed E-state index contributed by atoms with van der Waals surface area (Å²) in [5.41, 5.74) is 1.71. The van der Waals surface area contributed by atoms with Crippen LogP contribution in [0.5, 0.6) is 11.5 Å². The van der Waals surface area contributed by atoms with E-state index in [-0.39, 0.29) is 17.7 Å². The number of nitrogens with zero attached hydrogens (tertiary/aromatic N) is 1. The van der Waals surface area contributed by atoms with Gasteiger partial charge in [0.1, 0.15) is 17.3 Å². The van der Waals surface area contributed by atoms with E-state index in [9.17, 15) is 19.5 Å². The summed E-state index contributed by atoms with van der Waals surface area (Å²) in [6, 6.07) is 17.1. The SMILES string of the molecule is COC(=O)c1ccc(CN2C(=O)C(=O)/C(=C(/O)c3cc(Cl)ccc3OC)C2c2ccc(OC)cc2)cc1. The lowest BCUT2D eigenvalue weighted by atomic mass is 9.94. The number of aliphatic hydroxyl groups is 1. The number of amides is 1. The topological polar surface area (TPSA) is 102 Å². The van der Waals surface area contributed by atoms with Crippen LogP contribution < -0.4 is 9.47 Å². The lowest BCUT2D eigenvalue weighted by molar-refractivity contribution is -0.140. The van der Waals surface area contributed by atoms with Gasteiger partial charge < -0.3 is 24.2 Å². The van der Waals surface area contributed by atoms with Gasteiger partial charge in [-0.3, -0.25) is 9.59 Å². The number of ketones is 1. The number of ether oxygens (including phenoxy) is 3. The van der Waals surface area contributed by atoms with Gasteiger partial charge in [0.2, 0.25) is 0 Å². The second-order valence-electron chi connectivity index (χ2n) is 8.23. The summed E-state index contributed by atoms with van der Waals surface area (Å²) >= 11 is 6.16. The molecule has 3 aromatic rings. The molecule has 0 radical (unpaired) electrons. The Morgan fingerprint density at radius 3 is 2.22 bits per heavy atom. The van der Waals surface area contributed by atoms with Crippen LogP contribution in [-0.4, -0.2) is 49.0 Å². The lowest BCUT2D eigenvalue weighted by Gasteiger charge is -2.26. The smallest absolute Gasteiger partial charge is 0.337 e. The number of aliphatic hydroxyl groups excluding tert-OH is 1. The first-order chi connectivity index (χ1) is 17.8. The summed E-state index contributed by atoms with van der Waals surface area (Å²) in [4.78, 5) is 39.8. The zero-order valence-electron chi connectivity index (χ0n) is 20.4. The number of methoxy groups -OCH3 is 3. The third-order valence-electron chi connectivity index (χ3n) is 6.12. The molecule has 0 saturated carbocycles. The fourth-order valence-corrected chi connectivity index (χ4v) is 4.42. The number of esters is 1. The van der Waals surface area contributed by atoms with Crippen LogP contribution in [0.3, 0.4) is 0 Å². The van der Waals surface area contributed by atoms with Crippen molar-refractivity contribution in [2.24, 2.45) is 0 Å². The summed E-state index contributed by atoms with van der Waals surface area (Å²) in [5.74, 6) is -1.62. The monoisotopic (exact) mass is 521 g/mol. The molecule has 0 aromatic heterocycles. The Hall–Kier alpha value is -4.30. The number of hydrogen-bond acceptors (Lipinski definition) is 7. The van der Waals surface area contributed by atoms with E-state index in [1.807, 2.05) is 0 Å². The summed E-state index contributed by atoms with van der Waals surface area (Å²) in [6.45, 7) is 0.0478. The molecule has 1 fully saturated rings. The van der Waals surface area contributed by atoms with Gasteiger partial charge in [0.05, 0.1) is 44.1 Å². The molecule has 1 N–H and O–H groups in total. The lowest BCUT2D eigenvalue weighted by Crippen LogP contribution is -2.29. The molecule has 1 heterocycles. The van der Waals surface area contributed by atoms with Gasteiger partial charge in [-0.05, 0) is 53.6 Å². The predicted octanol–water partition coefficient (Wildman–Crippen LogP) is 4.77. The molecule has 9 heteroatoms. The number of hydrogen-bond donors (Lipinski definition) is 1. The molecule has 4 rings (SSSR count). The van der Waals surface area contributed by atoms with Gasteiger partial charge in [-0.25, -0.2) is 4.79 Å². The van der Waals surface area contributed by atoms with Crippen molar-refractivity contribution in [1.29, 1.82) is 0 Å². The average molecular weight is 522 g/mol. The highest BCUT2D eigenvalue weighted by molar-refractivity contribution is 6.46. The first kappa shape index (κ1) is 25.8. The Morgan fingerprint density at radius 2 is 1.62 bits per heavy atom. The molecule has 0 aliphatic carbocycles. The molecule has 0 bridgehead atoms. The Kier molecular flexibility index (Phi) is 7.50. The third kappa shape index (κ3) is 5.01. The second-order valence-corrected chi connectivity index (χ2v) is 8.67. The molecule has 8 nitrogen and oxygen atoms in total. The summed E-state index contributed by atoms with van der Waals surface area (Å²) in [5, 5.41) is 11.7. The quantitative estimate of drug-likeness (QED) is 0.207. The number of rotatable bonds is 7. The van der Waals surface area contributed by atoms with Gasteiger partial charge in [0.15, 0.2) is 0 Å². The summed E-state index contributed by atoms with van der Waals surface area (Å²) < 4.78 is 15.3. The average Bonchev–Trinajstić information content (AvgIpc) is 3.17. The number of Topliss-reactive ketones (excluding diaryl/α,β-unsaturated/α-hetero) is 1. The van der Waals surface area contributed by atoms with Gasteiger partial charge in [-0.1, -0.05) is 35.9 Å². The molecule has 1 aliphatic heterocycles. The van der Waals surface area contributed by atoms with Crippen molar-refractivity contribution in [3.63, 3.8) is 0 Å². The van der Waals surface area contributed by atoms with Crippen LogP contribution in [0.1, 0.15) is 33.1 Å². The number of likely N-dealkylation sites (tertiary alicyclic amines) is 1. The zero-order valence-corrected chi connectivity index (χ0v) is 21.1. The minimum absolute atomic E-state index is 0.0478. The first-order valence-electron chi connectivity index (χ1n) is 11.2. The van der Waals surface area contributed by atoms with E-state index in [0.29, 0.717) is 33.2 Å². The maximum absolute atomic E-state index is 13.3. The Labute approximate surface area is 218 Å². The van der Waals surface area contributed by atoms with Crippen molar-refractivity contribution >= 4 is 35.0 Å². The second kappa shape index (κ2) is 10.8. The van der Waals surface area contributed by atoms with E-state index >= 15 is 0 Å². The van der Waals surface area contributed by atoms with Crippen LogP contribution in [-0.2, 0) is 20.9 Å². The van der Waals surface area contributed by atoms with Gasteiger partial charge in [-0.2, -0.15) is 0 Å². The molecular formula is C28H24ClNO7. The molecule has 1 amide bonds. The van der Waals surface area contributed by atoms with Crippen LogP contribution in [0.4, 0.5) is 0 Å². The van der Waals surface area contributed by atoms with Crippen molar-refractivity contribution in [2.75, 3.05) is 21.3 Å². The van der Waals surface area contributed by atoms with E-state index in [2.05, 4.69) is 0 Å². The standard InChI is InChI=1S/C28H24ClNO7/c1-35-20-11-8-17(9-12-20)24-23(25(31)21-14-19(29)10-13-22(21)36-2)26(32)27(33)30(24)15-16-4-6-18(7-5-16)28(34)37-3/h4-14,24,31H,15H2,1-3H3/b25-23+. The molecule has 37 heavy (non-hydrogen) atoms. The van der Waals surface area contributed by atoms with E-state index in [0.717, 1.165) is 0 Å². The van der Waals surface area contributed by atoms with Gasteiger partial charge in [0.25, 0.3) is 11.7 Å². The predicted molar refractivity (Wildman–Crippen MR) is 137 cm³/mol. The van der Waals surface area contributed by atoms with Crippen LogP contribution in [0.25, 0.3) is 5.76 Å². The number of carbonyl (C=O) groups is 3. The third-order valence-corrected chi connectivity index (χ3v) is 6.35. The van der Waals surface area contributed by atoms with E-state index < -0.39 is 29.5 Å². The molecular weight excluding hydrogens is 498 g/mol. The first-order valence-corrected chi connectivity index (χ1v) is 11.6. The number of carbonyl (C=O) groups excluding carboxylic acids is 3. The normalized spacial score (nSPS) is 16.5. The maximum atomic E-state index is 13.3. The molecule has 1 atom stereocenters. The molecule has 190 valence electrons. The highest BCUT2D eigenvalue weighted by atomic mass is 35.5. The molecule has 1 unspecified atom stereocenters. The van der Waals surface area contributed by atoms with Gasteiger partial charge in [-0.15, -0.1) is 0 Å². The fraction of sp³-hybridized carbons (Fsp3) is 0.179. The van der Waals surface area contributed by atoms with E-state index in [4.69, 9.17) is 25.8 Å². The highest BCUT2D eigenvalue weighted by Gasteiger charge is 2.46. The molecule has 0 spiro atoms. The summed E-state index contributed by atoms with van der Waals surface area (Å²) in [6.07, 6.45) is 0. The van der Waals surface area contributed by atoms with E-state index in [1.165, 1.54) is 32.3 Å². The fourth-order valence-electron chi connectivity index (χ4n) is 4.25. The van der Waals surface area contributed by atoms with Crippen molar-refractivity contribution < 1.29 is 33.7 Å². The maximum Gasteiger partial charge on any atom is 0.337 e. The molecule has 1 aliphatic rings. The van der Waals surface area contributed by atoms with Crippen LogP contribution in [0, 0.1) is 0 Å². The zero-order chi connectivity index (χ0) is 26.7. The summed E-state index contributed by atoms with van der Waals surface area (Å²) in [7, 11) is 4.25. The number of benzene rings is 3. The molecule has 1 saturated heterocycles. The van der Waals surface area contributed by atoms with Crippen LogP contribution >= 0.6 is 11.6 Å². The Morgan fingerprint density at radius 1 is 0.946 bits per heavy atom. The van der Waals surface area contributed by atoms with Gasteiger partial charge >= 0.3 is 5.97 Å². The largest absolute Gasteiger partial charge is 0.507 e. The number of halogens is 1. The Balaban J connectivity index is 1.84. The minimum Gasteiger partial charge on any atom is -0.507 e. The van der Waals surface area contributed by atoms with Gasteiger partial charge in [0, 0.05) is 11.6 Å². The van der Waals surface area contributed by atoms with E-state index in [1.54, 1.807) is 60.7 Å².